The van der Waals surface area contributed by atoms with E-state index in [9.17, 15) is 30.8 Å². The second-order valence-corrected chi connectivity index (χ2v) is 10.9. The Morgan fingerprint density at radius 2 is 1.73 bits per heavy atom. The van der Waals surface area contributed by atoms with Crippen molar-refractivity contribution in [2.24, 2.45) is 0 Å². The Bertz CT molecular complexity index is 1390. The zero-order chi connectivity index (χ0) is 27.0. The second-order valence-electron chi connectivity index (χ2n) is 9.13. The molecule has 0 radical (unpaired) electrons. The van der Waals surface area contributed by atoms with Crippen molar-refractivity contribution in [1.82, 2.24) is 19.3 Å². The summed E-state index contributed by atoms with van der Waals surface area (Å²) in [6.45, 7) is 3.37. The van der Waals surface area contributed by atoms with Crippen LogP contribution in [0.4, 0.5) is 17.6 Å². The summed E-state index contributed by atoms with van der Waals surface area (Å²) in [5, 5.41) is 0. The van der Waals surface area contributed by atoms with E-state index in [1.165, 1.54) is 28.8 Å². The zero-order valence-corrected chi connectivity index (χ0v) is 20.9. The molecule has 7 nitrogen and oxygen atoms in total. The molecule has 0 amide bonds. The number of halogens is 4. The van der Waals surface area contributed by atoms with E-state index in [2.05, 4.69) is 15.0 Å². The van der Waals surface area contributed by atoms with E-state index >= 15 is 0 Å². The molecule has 0 N–H and O–H groups in total. The molecule has 4 rings (SSSR count). The maximum atomic E-state index is 13.4. The molecule has 196 valence electrons. The van der Waals surface area contributed by atoms with Gasteiger partial charge in [0.15, 0.2) is 5.78 Å². The average molecular weight is 537 g/mol. The van der Waals surface area contributed by atoms with E-state index in [-0.39, 0.29) is 23.5 Å². The molecule has 12 heteroatoms. The monoisotopic (exact) mass is 536 g/mol. The van der Waals surface area contributed by atoms with E-state index in [0.717, 1.165) is 24.4 Å². The van der Waals surface area contributed by atoms with Crippen LogP contribution in [-0.4, -0.2) is 45.0 Å². The molecule has 0 atom stereocenters. The summed E-state index contributed by atoms with van der Waals surface area (Å²) in [5.41, 5.74) is -1.02. The van der Waals surface area contributed by atoms with Crippen molar-refractivity contribution in [3.8, 4) is 11.3 Å². The first-order valence-corrected chi connectivity index (χ1v) is 13.0. The van der Waals surface area contributed by atoms with Crippen molar-refractivity contribution < 1.29 is 30.8 Å². The fourth-order valence-electron chi connectivity index (χ4n) is 4.34. The van der Waals surface area contributed by atoms with Gasteiger partial charge in [-0.1, -0.05) is 0 Å². The lowest BCUT2D eigenvalue weighted by Gasteiger charge is -2.33. The number of aromatic nitrogens is 3. The van der Waals surface area contributed by atoms with E-state index in [4.69, 9.17) is 0 Å². The fourth-order valence-corrected chi connectivity index (χ4v) is 6.35. The molecule has 1 fully saturated rings. The fraction of sp³-hybridized carbons (Fsp3) is 0.360. The third-order valence-corrected chi connectivity index (χ3v) is 8.34. The van der Waals surface area contributed by atoms with Crippen LogP contribution in [0.5, 0.6) is 0 Å². The average Bonchev–Trinajstić information content (AvgIpc) is 3.63. The summed E-state index contributed by atoms with van der Waals surface area (Å²) in [7, 11) is -4.06. The second kappa shape index (κ2) is 9.90. The van der Waals surface area contributed by atoms with Gasteiger partial charge in [-0.05, 0) is 75.6 Å². The standard InChI is InChI=1S/C25H24F4N4O3S/c1-16(2)33(37(35,36)20-7-4-18(26)5-8-20)24(11-12-24)23(34)10-6-19-13-21(32-15-31-19)17-3-9-22(30-14-17)25(27,28)29/h3-5,7-9,13-16H,6,10-12H2,1-2H3. The van der Waals surface area contributed by atoms with Crippen LogP contribution >= 0.6 is 0 Å². The topological polar surface area (TPSA) is 93.1 Å². The van der Waals surface area contributed by atoms with E-state index < -0.39 is 39.3 Å². The molecular formula is C25H24F4N4O3S. The number of nitrogens with zero attached hydrogens (tertiary/aromatic N) is 4. The SMILES string of the molecule is CC(C)N(C1(C(=O)CCc2cc(-c3ccc(C(F)(F)F)nc3)ncn2)CC1)S(=O)(=O)c1ccc(F)cc1. The Morgan fingerprint density at radius 3 is 2.27 bits per heavy atom. The van der Waals surface area contributed by atoms with Crippen LogP contribution in [0, 0.1) is 5.82 Å². The Balaban J connectivity index is 1.51. The Labute approximate surface area is 211 Å². The van der Waals surface area contributed by atoms with Crippen LogP contribution in [-0.2, 0) is 27.4 Å². The first-order valence-electron chi connectivity index (χ1n) is 11.5. The lowest BCUT2D eigenvalue weighted by molar-refractivity contribution is -0.141. The van der Waals surface area contributed by atoms with Crippen LogP contribution in [0.3, 0.4) is 0 Å². The predicted molar refractivity (Wildman–Crippen MR) is 126 cm³/mol. The van der Waals surface area contributed by atoms with Gasteiger partial charge >= 0.3 is 6.18 Å². The lowest BCUT2D eigenvalue weighted by atomic mass is 10.0. The van der Waals surface area contributed by atoms with Gasteiger partial charge in [-0.25, -0.2) is 22.8 Å². The summed E-state index contributed by atoms with van der Waals surface area (Å²) in [5.74, 6) is -0.827. The Morgan fingerprint density at radius 1 is 1.05 bits per heavy atom. The molecule has 37 heavy (non-hydrogen) atoms. The maximum absolute atomic E-state index is 13.4. The van der Waals surface area contributed by atoms with Gasteiger partial charge in [0.05, 0.1) is 16.1 Å². The largest absolute Gasteiger partial charge is 0.433 e. The number of Topliss-reactive ketones (excluding diaryl/α,β-unsaturated/α-hetero) is 1. The quantitative estimate of drug-likeness (QED) is 0.364. The molecule has 0 saturated heterocycles. The summed E-state index contributed by atoms with van der Waals surface area (Å²) >= 11 is 0. The van der Waals surface area contributed by atoms with Crippen molar-refractivity contribution in [3.05, 3.63) is 72.2 Å². The van der Waals surface area contributed by atoms with Crippen LogP contribution < -0.4 is 0 Å². The minimum Gasteiger partial charge on any atom is -0.298 e. The Kier molecular flexibility index (Phi) is 7.17. The molecule has 0 aliphatic heterocycles. The van der Waals surface area contributed by atoms with Crippen LogP contribution in [0.2, 0.25) is 0 Å². The highest BCUT2D eigenvalue weighted by Crippen LogP contribution is 2.47. The van der Waals surface area contributed by atoms with Gasteiger partial charge < -0.3 is 0 Å². The smallest absolute Gasteiger partial charge is 0.298 e. The van der Waals surface area contributed by atoms with Gasteiger partial charge in [-0.15, -0.1) is 0 Å². The van der Waals surface area contributed by atoms with Crippen LogP contribution in [0.25, 0.3) is 11.3 Å². The molecule has 0 unspecified atom stereocenters. The highest BCUT2D eigenvalue weighted by molar-refractivity contribution is 7.89. The lowest BCUT2D eigenvalue weighted by Crippen LogP contribution is -2.50. The van der Waals surface area contributed by atoms with Crippen molar-refractivity contribution in [2.75, 3.05) is 0 Å². The third-order valence-electron chi connectivity index (χ3n) is 6.19. The number of sulfonamides is 1. The number of ketones is 1. The molecule has 2 heterocycles. The zero-order valence-electron chi connectivity index (χ0n) is 20.0. The Hall–Kier alpha value is -3.25. The molecule has 1 aromatic carbocycles. The third kappa shape index (κ3) is 5.54. The molecule has 2 aromatic heterocycles. The van der Waals surface area contributed by atoms with Crippen molar-refractivity contribution in [1.29, 1.82) is 0 Å². The molecule has 3 aromatic rings. The van der Waals surface area contributed by atoms with Gasteiger partial charge in [0.1, 0.15) is 17.8 Å². The molecule has 0 bridgehead atoms. The first-order chi connectivity index (χ1) is 17.3. The predicted octanol–water partition coefficient (Wildman–Crippen LogP) is 4.83. The number of carbonyl (C=O) groups excluding carboxylic acids is 1. The molecule has 1 saturated carbocycles. The number of hydrogen-bond donors (Lipinski definition) is 0. The summed E-state index contributed by atoms with van der Waals surface area (Å²) < 4.78 is 79.7. The molecular weight excluding hydrogens is 512 g/mol. The number of hydrogen-bond acceptors (Lipinski definition) is 6. The van der Waals surface area contributed by atoms with Gasteiger partial charge in [0.2, 0.25) is 10.0 Å². The van der Waals surface area contributed by atoms with Crippen molar-refractivity contribution in [3.63, 3.8) is 0 Å². The molecule has 1 aliphatic rings. The van der Waals surface area contributed by atoms with Gasteiger partial charge in [-0.3, -0.25) is 9.78 Å². The van der Waals surface area contributed by atoms with Crippen LogP contribution in [0.1, 0.15) is 44.5 Å². The van der Waals surface area contributed by atoms with E-state index in [1.807, 2.05) is 0 Å². The van der Waals surface area contributed by atoms with E-state index in [1.54, 1.807) is 19.9 Å². The van der Waals surface area contributed by atoms with Gasteiger partial charge in [0.25, 0.3) is 0 Å². The minimum absolute atomic E-state index is 0.00384. The maximum Gasteiger partial charge on any atom is 0.433 e. The van der Waals surface area contributed by atoms with E-state index in [0.29, 0.717) is 29.8 Å². The number of rotatable bonds is 9. The van der Waals surface area contributed by atoms with Crippen molar-refractivity contribution >= 4 is 15.8 Å². The normalized spacial score (nSPS) is 15.2. The van der Waals surface area contributed by atoms with Crippen molar-refractivity contribution in [2.45, 2.75) is 62.2 Å². The summed E-state index contributed by atoms with van der Waals surface area (Å²) in [4.78, 5) is 24.9. The van der Waals surface area contributed by atoms with Gasteiger partial charge in [-0.2, -0.15) is 17.5 Å². The first kappa shape index (κ1) is 26.8. The minimum atomic E-state index is -4.55. The number of alkyl halides is 3. The number of aryl methyl sites for hydroxylation is 1. The van der Waals surface area contributed by atoms with Crippen LogP contribution in [0.15, 0.2) is 59.9 Å². The summed E-state index contributed by atoms with van der Waals surface area (Å²) in [6, 6.07) is 7.65. The molecule has 1 aliphatic carbocycles. The van der Waals surface area contributed by atoms with Gasteiger partial charge in [0, 0.05) is 29.9 Å². The highest BCUT2D eigenvalue weighted by Gasteiger charge is 2.58. The molecule has 0 spiro atoms. The number of benzene rings is 1. The number of carbonyl (C=O) groups is 1. The summed E-state index contributed by atoms with van der Waals surface area (Å²) in [6.07, 6.45) is -1.30. The highest BCUT2D eigenvalue weighted by atomic mass is 32.2. The number of pyridine rings is 1.